The lowest BCUT2D eigenvalue weighted by Crippen LogP contribution is -2.30. The lowest BCUT2D eigenvalue weighted by atomic mass is 10.1. The molecule has 0 radical (unpaired) electrons. The second-order valence-corrected chi connectivity index (χ2v) is 6.03. The summed E-state index contributed by atoms with van der Waals surface area (Å²) in [7, 11) is 0. The highest BCUT2D eigenvalue weighted by atomic mass is 16.2. The minimum absolute atomic E-state index is 0.157. The van der Waals surface area contributed by atoms with Crippen molar-refractivity contribution in [1.29, 1.82) is 0 Å². The summed E-state index contributed by atoms with van der Waals surface area (Å²) in [6, 6.07) is 14.4. The second kappa shape index (κ2) is 6.83. The summed E-state index contributed by atoms with van der Waals surface area (Å²) in [4.78, 5) is 28.8. The van der Waals surface area contributed by atoms with Gasteiger partial charge in [0.1, 0.15) is 19.2 Å². The number of anilines is 1. The van der Waals surface area contributed by atoms with Gasteiger partial charge < -0.3 is 5.32 Å². The highest BCUT2D eigenvalue weighted by molar-refractivity contribution is 5.91. The standard InChI is InChI=1S/C19H16N6O2/c1-13-16-4-2-3-5-17(16)19(27)24(23-13)10-18(26)22-14-6-8-15(9-7-14)25-12-20-11-21-25/h2-9,11-12H,10H2,1H3,(H,22,26). The number of rotatable bonds is 4. The van der Waals surface area contributed by atoms with E-state index in [0.717, 1.165) is 11.1 Å². The van der Waals surface area contributed by atoms with Crippen LogP contribution < -0.4 is 10.9 Å². The van der Waals surface area contributed by atoms with Crippen molar-refractivity contribution < 1.29 is 4.79 Å². The second-order valence-electron chi connectivity index (χ2n) is 6.03. The zero-order valence-electron chi connectivity index (χ0n) is 14.5. The van der Waals surface area contributed by atoms with Crippen LogP contribution in [0.15, 0.2) is 66.0 Å². The van der Waals surface area contributed by atoms with Crippen LogP contribution in [0.5, 0.6) is 0 Å². The molecule has 27 heavy (non-hydrogen) atoms. The Morgan fingerprint density at radius 1 is 1.07 bits per heavy atom. The number of fused-ring (bicyclic) bond motifs is 1. The molecule has 0 spiro atoms. The number of carbonyl (C=O) groups is 1. The number of amides is 1. The van der Waals surface area contributed by atoms with E-state index in [1.165, 1.54) is 11.0 Å². The number of hydrogen-bond acceptors (Lipinski definition) is 5. The van der Waals surface area contributed by atoms with Crippen molar-refractivity contribution >= 4 is 22.4 Å². The fourth-order valence-electron chi connectivity index (χ4n) is 2.89. The lowest BCUT2D eigenvalue weighted by Gasteiger charge is -2.10. The summed E-state index contributed by atoms with van der Waals surface area (Å²) in [5.41, 5.74) is 1.87. The van der Waals surface area contributed by atoms with E-state index in [0.29, 0.717) is 16.8 Å². The molecule has 2 aromatic heterocycles. The van der Waals surface area contributed by atoms with Crippen LogP contribution in [0.2, 0.25) is 0 Å². The molecule has 2 heterocycles. The van der Waals surface area contributed by atoms with Gasteiger partial charge in [0, 0.05) is 11.1 Å². The number of carbonyl (C=O) groups excluding carboxylic acids is 1. The summed E-state index contributed by atoms with van der Waals surface area (Å²) in [6.07, 6.45) is 3.04. The molecule has 2 aromatic carbocycles. The topological polar surface area (TPSA) is 94.7 Å². The van der Waals surface area contributed by atoms with Crippen LogP contribution in [-0.4, -0.2) is 30.5 Å². The van der Waals surface area contributed by atoms with Gasteiger partial charge in [-0.05, 0) is 37.3 Å². The molecule has 4 rings (SSSR count). The van der Waals surface area contributed by atoms with Gasteiger partial charge in [0.25, 0.3) is 5.56 Å². The fraction of sp³-hybridized carbons (Fsp3) is 0.105. The Kier molecular flexibility index (Phi) is 4.21. The summed E-state index contributed by atoms with van der Waals surface area (Å²) in [6.45, 7) is 1.66. The lowest BCUT2D eigenvalue weighted by molar-refractivity contribution is -0.117. The van der Waals surface area contributed by atoms with Gasteiger partial charge in [0.2, 0.25) is 5.91 Å². The molecule has 0 aliphatic rings. The van der Waals surface area contributed by atoms with Crippen LogP contribution in [0.1, 0.15) is 5.69 Å². The summed E-state index contributed by atoms with van der Waals surface area (Å²) >= 11 is 0. The number of aryl methyl sites for hydroxylation is 1. The molecular formula is C19H16N6O2. The number of nitrogens with zero attached hydrogens (tertiary/aromatic N) is 5. The first-order valence-electron chi connectivity index (χ1n) is 8.33. The number of nitrogens with one attached hydrogen (secondary N) is 1. The van der Waals surface area contributed by atoms with E-state index in [2.05, 4.69) is 20.5 Å². The van der Waals surface area contributed by atoms with E-state index in [4.69, 9.17) is 0 Å². The molecule has 134 valence electrons. The molecule has 1 amide bonds. The van der Waals surface area contributed by atoms with Gasteiger partial charge in [0.05, 0.1) is 16.8 Å². The number of benzene rings is 2. The van der Waals surface area contributed by atoms with Crippen LogP contribution in [0.4, 0.5) is 5.69 Å². The first kappa shape index (κ1) is 16.6. The van der Waals surface area contributed by atoms with Crippen molar-refractivity contribution in [2.24, 2.45) is 0 Å². The molecule has 0 fully saturated rings. The Bertz CT molecular complexity index is 1160. The Hall–Kier alpha value is -3.81. The average Bonchev–Trinajstić information content (AvgIpc) is 3.21. The molecule has 4 aromatic rings. The van der Waals surface area contributed by atoms with Gasteiger partial charge in [-0.1, -0.05) is 18.2 Å². The predicted octanol–water partition coefficient (Wildman–Crippen LogP) is 1.92. The molecule has 0 aliphatic carbocycles. The quantitative estimate of drug-likeness (QED) is 0.600. The molecule has 0 bridgehead atoms. The van der Waals surface area contributed by atoms with Crippen molar-refractivity contribution in [2.45, 2.75) is 13.5 Å². The van der Waals surface area contributed by atoms with Crippen LogP contribution >= 0.6 is 0 Å². The maximum absolute atomic E-state index is 12.5. The van der Waals surface area contributed by atoms with Gasteiger partial charge in [-0.25, -0.2) is 14.3 Å². The Balaban J connectivity index is 1.52. The van der Waals surface area contributed by atoms with Crippen molar-refractivity contribution in [3.05, 3.63) is 77.2 Å². The Morgan fingerprint density at radius 3 is 2.52 bits per heavy atom. The smallest absolute Gasteiger partial charge is 0.275 e. The molecule has 0 unspecified atom stereocenters. The first-order chi connectivity index (χ1) is 13.1. The minimum Gasteiger partial charge on any atom is -0.324 e. The first-order valence-corrected chi connectivity index (χ1v) is 8.33. The normalized spacial score (nSPS) is 10.9. The monoisotopic (exact) mass is 360 g/mol. The molecule has 8 heteroatoms. The molecule has 1 N–H and O–H groups in total. The highest BCUT2D eigenvalue weighted by Gasteiger charge is 2.11. The summed E-state index contributed by atoms with van der Waals surface area (Å²) < 4.78 is 2.81. The number of hydrogen-bond donors (Lipinski definition) is 1. The van der Waals surface area contributed by atoms with Crippen molar-refractivity contribution in [1.82, 2.24) is 24.5 Å². The van der Waals surface area contributed by atoms with Crippen LogP contribution in [0.25, 0.3) is 16.5 Å². The third-order valence-electron chi connectivity index (χ3n) is 4.18. The van der Waals surface area contributed by atoms with E-state index in [-0.39, 0.29) is 18.0 Å². The van der Waals surface area contributed by atoms with E-state index >= 15 is 0 Å². The highest BCUT2D eigenvalue weighted by Crippen LogP contribution is 2.13. The van der Waals surface area contributed by atoms with E-state index in [1.807, 2.05) is 31.2 Å². The van der Waals surface area contributed by atoms with Gasteiger partial charge in [-0.3, -0.25) is 9.59 Å². The zero-order chi connectivity index (χ0) is 18.8. The maximum Gasteiger partial charge on any atom is 0.275 e. The van der Waals surface area contributed by atoms with E-state index in [1.54, 1.807) is 35.3 Å². The van der Waals surface area contributed by atoms with Gasteiger partial charge in [-0.2, -0.15) is 10.2 Å². The molecular weight excluding hydrogens is 344 g/mol. The Labute approximate surface area is 154 Å². The van der Waals surface area contributed by atoms with Gasteiger partial charge >= 0.3 is 0 Å². The molecule has 0 saturated heterocycles. The van der Waals surface area contributed by atoms with E-state index < -0.39 is 0 Å². The molecule has 0 atom stereocenters. The van der Waals surface area contributed by atoms with Crippen LogP contribution in [0.3, 0.4) is 0 Å². The third kappa shape index (κ3) is 3.32. The van der Waals surface area contributed by atoms with Gasteiger partial charge in [0.15, 0.2) is 0 Å². The number of aromatic nitrogens is 5. The third-order valence-corrected chi connectivity index (χ3v) is 4.18. The molecule has 8 nitrogen and oxygen atoms in total. The Morgan fingerprint density at radius 2 is 1.81 bits per heavy atom. The van der Waals surface area contributed by atoms with Gasteiger partial charge in [-0.15, -0.1) is 0 Å². The average molecular weight is 360 g/mol. The van der Waals surface area contributed by atoms with Crippen LogP contribution in [0, 0.1) is 6.92 Å². The fourth-order valence-corrected chi connectivity index (χ4v) is 2.89. The molecule has 0 saturated carbocycles. The summed E-state index contributed by atoms with van der Waals surface area (Å²) in [5.74, 6) is -0.326. The predicted molar refractivity (Wildman–Crippen MR) is 101 cm³/mol. The van der Waals surface area contributed by atoms with Crippen LogP contribution in [-0.2, 0) is 11.3 Å². The van der Waals surface area contributed by atoms with E-state index in [9.17, 15) is 9.59 Å². The van der Waals surface area contributed by atoms with Crippen molar-refractivity contribution in [2.75, 3.05) is 5.32 Å². The maximum atomic E-state index is 12.5. The SMILES string of the molecule is Cc1nn(CC(=O)Nc2ccc(-n3cncn3)cc2)c(=O)c2ccccc12. The molecule has 0 aliphatic heterocycles. The summed E-state index contributed by atoms with van der Waals surface area (Å²) in [5, 5.41) is 12.4. The van der Waals surface area contributed by atoms with Crippen molar-refractivity contribution in [3.8, 4) is 5.69 Å². The zero-order valence-corrected chi connectivity index (χ0v) is 14.5. The minimum atomic E-state index is -0.326. The van der Waals surface area contributed by atoms with Crippen molar-refractivity contribution in [3.63, 3.8) is 0 Å². The largest absolute Gasteiger partial charge is 0.324 e.